The first kappa shape index (κ1) is 17.8. The van der Waals surface area contributed by atoms with Gasteiger partial charge >= 0.3 is 0 Å². The van der Waals surface area contributed by atoms with Crippen LogP contribution >= 0.6 is 0 Å². The van der Waals surface area contributed by atoms with Crippen LogP contribution in [0.25, 0.3) is 11.1 Å². The quantitative estimate of drug-likeness (QED) is 0.540. The van der Waals surface area contributed by atoms with Crippen LogP contribution in [0.15, 0.2) is 78.9 Å². The van der Waals surface area contributed by atoms with Crippen molar-refractivity contribution in [3.63, 3.8) is 0 Å². The summed E-state index contributed by atoms with van der Waals surface area (Å²) in [6.45, 7) is 2.15. The molecule has 0 spiro atoms. The predicted molar refractivity (Wildman–Crippen MR) is 111 cm³/mol. The molecule has 0 saturated heterocycles. The largest absolute Gasteiger partial charge is 0.369 e. The average molecular weight is 358 g/mol. The van der Waals surface area contributed by atoms with Crippen LogP contribution in [0.5, 0.6) is 0 Å². The Morgan fingerprint density at radius 3 is 2.37 bits per heavy atom. The molecule has 138 valence electrons. The van der Waals surface area contributed by atoms with Gasteiger partial charge in [-0.2, -0.15) is 0 Å². The lowest BCUT2D eigenvalue weighted by molar-refractivity contribution is 0.208. The van der Waals surface area contributed by atoms with E-state index in [1.807, 2.05) is 48.5 Å². The number of hydrogen-bond acceptors (Lipinski definition) is 3. The molecule has 1 aliphatic carbocycles. The van der Waals surface area contributed by atoms with E-state index in [2.05, 4.69) is 42.6 Å². The highest BCUT2D eigenvalue weighted by Crippen LogP contribution is 2.51. The molecule has 3 heteroatoms. The Hall–Kier alpha value is -2.62. The lowest BCUT2D eigenvalue weighted by atomic mass is 10.0. The molecule has 3 aromatic carbocycles. The fourth-order valence-electron chi connectivity index (χ4n) is 3.73. The molecule has 27 heavy (non-hydrogen) atoms. The third-order valence-electron chi connectivity index (χ3n) is 5.70. The maximum absolute atomic E-state index is 10.6. The van der Waals surface area contributed by atoms with Crippen molar-refractivity contribution in [3.05, 3.63) is 90.0 Å². The molecular weight excluding hydrogens is 332 g/mol. The van der Waals surface area contributed by atoms with Crippen molar-refractivity contribution in [2.45, 2.75) is 37.5 Å². The van der Waals surface area contributed by atoms with E-state index in [-0.39, 0.29) is 5.54 Å². The molecule has 3 nitrogen and oxygen atoms in total. The lowest BCUT2D eigenvalue weighted by Crippen LogP contribution is -2.22. The zero-order valence-corrected chi connectivity index (χ0v) is 15.6. The lowest BCUT2D eigenvalue weighted by Gasteiger charge is -2.16. The number of hydrogen-bond donors (Lipinski definition) is 3. The third-order valence-corrected chi connectivity index (χ3v) is 5.70. The van der Waals surface area contributed by atoms with Gasteiger partial charge in [-0.3, -0.25) is 0 Å². The minimum absolute atomic E-state index is 0.0215. The summed E-state index contributed by atoms with van der Waals surface area (Å²) < 4.78 is 0. The van der Waals surface area contributed by atoms with Crippen LogP contribution in [0, 0.1) is 0 Å². The van der Waals surface area contributed by atoms with Gasteiger partial charge in [-0.25, -0.2) is 0 Å². The topological polar surface area (TPSA) is 58.3 Å². The Bertz CT molecular complexity index is 907. The molecule has 3 atom stereocenters. The Labute approximate surface area is 160 Å². The van der Waals surface area contributed by atoms with Crippen LogP contribution in [0.3, 0.4) is 0 Å². The first-order valence-electron chi connectivity index (χ1n) is 9.58. The van der Waals surface area contributed by atoms with Gasteiger partial charge in [0.05, 0.1) is 0 Å². The Morgan fingerprint density at radius 1 is 1.00 bits per heavy atom. The number of nitrogens with one attached hydrogen (secondary N) is 1. The van der Waals surface area contributed by atoms with E-state index in [0.29, 0.717) is 5.92 Å². The third kappa shape index (κ3) is 3.75. The highest BCUT2D eigenvalue weighted by atomic mass is 16.3. The number of aliphatic hydroxyl groups is 1. The smallest absolute Gasteiger partial charge is 0.150 e. The van der Waals surface area contributed by atoms with E-state index < -0.39 is 6.23 Å². The maximum atomic E-state index is 10.6. The zero-order valence-electron chi connectivity index (χ0n) is 15.6. The standard InChI is InChI=1S/C24H26N2O/c1-2-24(25)16-22(24)18-11-13-21(14-12-18)26-23(27)20-10-6-9-19(15-20)17-7-4-3-5-8-17/h3-15,22-23,26-27H,2,16,25H2,1H3/t22-,23?,24+/m0/s1. The van der Waals surface area contributed by atoms with E-state index in [9.17, 15) is 5.11 Å². The highest BCUT2D eigenvalue weighted by molar-refractivity contribution is 5.64. The molecule has 0 heterocycles. The van der Waals surface area contributed by atoms with Crippen molar-refractivity contribution in [2.75, 3.05) is 5.32 Å². The molecule has 4 rings (SSSR count). The summed E-state index contributed by atoms with van der Waals surface area (Å²) in [5.74, 6) is 0.462. The first-order valence-corrected chi connectivity index (χ1v) is 9.58. The van der Waals surface area contributed by atoms with Crippen LogP contribution in [-0.2, 0) is 0 Å². The van der Waals surface area contributed by atoms with Gasteiger partial charge in [0.1, 0.15) is 0 Å². The van der Waals surface area contributed by atoms with Gasteiger partial charge in [0.15, 0.2) is 6.23 Å². The Balaban J connectivity index is 1.46. The Kier molecular flexibility index (Phi) is 4.73. The molecule has 0 aliphatic heterocycles. The summed E-state index contributed by atoms with van der Waals surface area (Å²) in [5.41, 5.74) is 11.6. The maximum Gasteiger partial charge on any atom is 0.150 e. The number of nitrogens with two attached hydrogens (primary N) is 1. The Morgan fingerprint density at radius 2 is 1.70 bits per heavy atom. The number of benzene rings is 3. The van der Waals surface area contributed by atoms with Crippen LogP contribution in [0.4, 0.5) is 5.69 Å². The second-order valence-electron chi connectivity index (χ2n) is 7.50. The van der Waals surface area contributed by atoms with Crippen molar-refractivity contribution in [2.24, 2.45) is 5.73 Å². The van der Waals surface area contributed by atoms with Crippen molar-refractivity contribution >= 4 is 5.69 Å². The molecule has 1 aliphatic rings. The van der Waals surface area contributed by atoms with E-state index in [1.165, 1.54) is 5.56 Å². The van der Waals surface area contributed by atoms with Gasteiger partial charge in [0.2, 0.25) is 0 Å². The summed E-state index contributed by atoms with van der Waals surface area (Å²) in [5, 5.41) is 13.8. The SMILES string of the molecule is CC[C@@]1(N)C[C@H]1c1ccc(NC(O)c2cccc(-c3ccccc3)c2)cc1. The van der Waals surface area contributed by atoms with Crippen LogP contribution in [-0.4, -0.2) is 10.6 Å². The van der Waals surface area contributed by atoms with Crippen LogP contribution < -0.4 is 11.1 Å². The van der Waals surface area contributed by atoms with Gasteiger partial charge in [0.25, 0.3) is 0 Å². The fraction of sp³-hybridized carbons (Fsp3) is 0.250. The van der Waals surface area contributed by atoms with Crippen molar-refractivity contribution < 1.29 is 5.11 Å². The van der Waals surface area contributed by atoms with Crippen molar-refractivity contribution in [3.8, 4) is 11.1 Å². The highest BCUT2D eigenvalue weighted by Gasteiger charge is 2.49. The molecule has 4 N–H and O–H groups in total. The minimum atomic E-state index is -0.760. The van der Waals surface area contributed by atoms with E-state index in [4.69, 9.17) is 5.73 Å². The van der Waals surface area contributed by atoms with Gasteiger partial charge in [-0.15, -0.1) is 0 Å². The first-order chi connectivity index (χ1) is 13.1. The predicted octanol–water partition coefficient (Wildman–Crippen LogP) is 5.05. The summed E-state index contributed by atoms with van der Waals surface area (Å²) in [7, 11) is 0. The second-order valence-corrected chi connectivity index (χ2v) is 7.50. The summed E-state index contributed by atoms with van der Waals surface area (Å²) in [6.07, 6.45) is 1.31. The van der Waals surface area contributed by atoms with E-state index >= 15 is 0 Å². The summed E-state index contributed by atoms with van der Waals surface area (Å²) >= 11 is 0. The molecule has 1 saturated carbocycles. The van der Waals surface area contributed by atoms with Gasteiger partial charge in [-0.1, -0.05) is 67.6 Å². The number of rotatable bonds is 6. The van der Waals surface area contributed by atoms with Crippen LogP contribution in [0.1, 0.15) is 43.0 Å². The van der Waals surface area contributed by atoms with Gasteiger partial charge < -0.3 is 16.2 Å². The fourth-order valence-corrected chi connectivity index (χ4v) is 3.73. The van der Waals surface area contributed by atoms with E-state index in [1.54, 1.807) is 0 Å². The summed E-state index contributed by atoms with van der Waals surface area (Å²) in [6, 6.07) is 26.5. The average Bonchev–Trinajstić information content (AvgIpc) is 3.41. The molecule has 0 radical (unpaired) electrons. The monoisotopic (exact) mass is 358 g/mol. The van der Waals surface area contributed by atoms with Crippen molar-refractivity contribution in [1.82, 2.24) is 0 Å². The molecule has 0 amide bonds. The van der Waals surface area contributed by atoms with E-state index in [0.717, 1.165) is 35.2 Å². The second kappa shape index (κ2) is 7.18. The van der Waals surface area contributed by atoms with Crippen LogP contribution in [0.2, 0.25) is 0 Å². The van der Waals surface area contributed by atoms with Gasteiger partial charge in [-0.05, 0) is 47.7 Å². The molecule has 1 unspecified atom stereocenters. The summed E-state index contributed by atoms with van der Waals surface area (Å²) in [4.78, 5) is 0. The molecule has 0 bridgehead atoms. The molecule has 3 aromatic rings. The van der Waals surface area contributed by atoms with Gasteiger partial charge in [0, 0.05) is 22.7 Å². The molecule has 1 fully saturated rings. The number of anilines is 1. The normalized spacial score (nSPS) is 22.3. The van der Waals surface area contributed by atoms with Crippen molar-refractivity contribution in [1.29, 1.82) is 0 Å². The molecule has 0 aromatic heterocycles. The molecular formula is C24H26N2O. The minimum Gasteiger partial charge on any atom is -0.369 e. The number of aliphatic hydroxyl groups excluding tert-OH is 1. The zero-order chi connectivity index (χ0) is 18.9.